The molecule has 35 nitrogen and oxygen atoms in total. The molecule has 107 heavy (non-hydrogen) atoms. The number of fused-ring (bicyclic) bond motifs is 2. The molecule has 2 aromatic heterocycles. The standard InChI is InChI=1S/C72H101N17O18/c1-3-4-5-6-16-53-67(100)83-55(36-49-40-76-51-15-8-7-14-50(49)51)65(98)79-42-60(91)81-52(17-9-10-25-75-72(105)88-29-27-87(28-30-88)44-64(96)97)66(99)85-56(37-63(94)95)71(104)89-26-12-18-57(89)69(102)80-41-59(90)78-43-62(93)86(2)58(35-48-13-11-24-74-38-48)70(103)84-54(68(101)82-53)34-46-19-21-47(22-20-46)39-77-61(92)45-107-33-32-106-31-23-73/h7-8,11,13-15,19-22,24,38,40,52-58,76H,3-6,9-10,12,16-18,23,25-37,39,41-45,73H2,1-2H3,(H,75,105)(H,77,92)(H,78,90)(H,79,98)(H,80,102)(H,81,91)(H,82,101)(H,83,100)(H,84,103)(H,85,99)(H,94,95)(H,96,97)/t52-,53-,54-,55-,56-,57+,58-/m0/s1. The number of rotatable bonds is 29. The number of nitrogens with two attached hydrogens (primary N) is 1. The zero-order valence-corrected chi connectivity index (χ0v) is 60.5. The highest BCUT2D eigenvalue weighted by Gasteiger charge is 2.40. The number of carboxylic acids is 2. The summed E-state index contributed by atoms with van der Waals surface area (Å²) in [6, 6.07) is 6.54. The zero-order valence-electron chi connectivity index (χ0n) is 60.5. The number of para-hydroxylation sites is 1. The van der Waals surface area contributed by atoms with Crippen molar-refractivity contribution >= 4 is 93.9 Å². The molecule has 3 fully saturated rings. The number of piperazine rings is 1. The quantitative estimate of drug-likeness (QED) is 0.0257. The fourth-order valence-electron chi connectivity index (χ4n) is 12.5. The van der Waals surface area contributed by atoms with Crippen LogP contribution < -0.4 is 58.9 Å². The van der Waals surface area contributed by atoms with Gasteiger partial charge >= 0.3 is 18.0 Å². The van der Waals surface area contributed by atoms with Crippen LogP contribution in [0.5, 0.6) is 0 Å². The van der Waals surface area contributed by atoms with Crippen molar-refractivity contribution in [1.29, 1.82) is 0 Å². The Hall–Kier alpha value is -10.7. The summed E-state index contributed by atoms with van der Waals surface area (Å²) >= 11 is 0. The van der Waals surface area contributed by atoms with Gasteiger partial charge in [-0.15, -0.1) is 0 Å². The summed E-state index contributed by atoms with van der Waals surface area (Å²) in [4.78, 5) is 207. The summed E-state index contributed by atoms with van der Waals surface area (Å²) < 4.78 is 10.7. The molecule has 5 heterocycles. The summed E-state index contributed by atoms with van der Waals surface area (Å²) in [7, 11) is 1.32. The second kappa shape index (κ2) is 43.7. The Balaban J connectivity index is 1.20. The molecule has 13 amide bonds. The number of carbonyl (C=O) groups excluding carboxylic acids is 12. The lowest BCUT2D eigenvalue weighted by molar-refractivity contribution is -0.146. The maximum absolute atomic E-state index is 15.2. The Morgan fingerprint density at radius 2 is 1.26 bits per heavy atom. The Morgan fingerprint density at radius 3 is 1.97 bits per heavy atom. The Bertz CT molecular complexity index is 3690. The third kappa shape index (κ3) is 27.7. The first-order chi connectivity index (χ1) is 51.5. The number of urea groups is 1. The van der Waals surface area contributed by atoms with Gasteiger partial charge in [-0.25, -0.2) is 4.79 Å². The van der Waals surface area contributed by atoms with Gasteiger partial charge in [-0.2, -0.15) is 0 Å². The molecule has 0 unspecified atom stereocenters. The van der Waals surface area contributed by atoms with Gasteiger partial charge in [0.05, 0.1) is 52.4 Å². The van der Waals surface area contributed by atoms with Crippen LogP contribution in [-0.4, -0.2) is 270 Å². The molecule has 3 aliphatic heterocycles. The van der Waals surface area contributed by atoms with Crippen LogP contribution >= 0.6 is 0 Å². The fourth-order valence-corrected chi connectivity index (χ4v) is 12.5. The van der Waals surface area contributed by atoms with E-state index in [1.54, 1.807) is 71.8 Å². The number of ether oxygens (including phenoxy) is 2. The van der Waals surface area contributed by atoms with Crippen LogP contribution in [0.15, 0.2) is 79.3 Å². The molecule has 3 saturated heterocycles. The summed E-state index contributed by atoms with van der Waals surface area (Å²) in [5.41, 5.74) is 8.39. The van der Waals surface area contributed by atoms with Gasteiger partial charge in [-0.05, 0) is 72.9 Å². The van der Waals surface area contributed by atoms with E-state index in [2.05, 4.69) is 63.1 Å². The lowest BCUT2D eigenvalue weighted by atomic mass is 10.00. The van der Waals surface area contributed by atoms with E-state index in [0.29, 0.717) is 72.2 Å². The number of nitrogens with zero attached hydrogens (tertiary/aromatic N) is 5. The number of carboxylic acid groups (broad SMARTS) is 2. The maximum Gasteiger partial charge on any atom is 0.317 e. The summed E-state index contributed by atoms with van der Waals surface area (Å²) in [6.07, 6.45) is 6.28. The molecule has 15 N–H and O–H groups in total. The summed E-state index contributed by atoms with van der Waals surface area (Å²) in [5, 5.41) is 46.6. The molecule has 7 rings (SSSR count). The van der Waals surface area contributed by atoms with Crippen LogP contribution in [0.1, 0.15) is 99.8 Å². The minimum Gasteiger partial charge on any atom is -0.481 e. The highest BCUT2D eigenvalue weighted by molar-refractivity contribution is 5.99. The Labute approximate surface area is 619 Å². The Kier molecular flexibility index (Phi) is 34.2. The van der Waals surface area contributed by atoms with Gasteiger partial charge < -0.3 is 98.3 Å². The topological polar surface area (TPSA) is 486 Å². The maximum atomic E-state index is 15.2. The second-order valence-electron chi connectivity index (χ2n) is 26.5. The number of aromatic amines is 1. The average Bonchev–Trinajstić information content (AvgIpc) is 1.74. The smallest absolute Gasteiger partial charge is 0.317 e. The van der Waals surface area contributed by atoms with E-state index in [1.807, 2.05) is 6.92 Å². The molecule has 0 radical (unpaired) electrons. The van der Waals surface area contributed by atoms with Crippen LogP contribution in [0, 0.1) is 0 Å². The summed E-state index contributed by atoms with van der Waals surface area (Å²) in [6.45, 7) is 1.82. The van der Waals surface area contributed by atoms with E-state index in [0.717, 1.165) is 22.6 Å². The number of H-pyrrole nitrogens is 1. The molecule has 4 aromatic rings. The number of likely N-dealkylation sites (N-methyl/N-ethyl adjacent to an activating group) is 1. The second-order valence-corrected chi connectivity index (χ2v) is 26.5. The van der Waals surface area contributed by atoms with Gasteiger partial charge in [0, 0.05) is 108 Å². The van der Waals surface area contributed by atoms with E-state index < -0.39 is 151 Å². The monoisotopic (exact) mass is 1490 g/mol. The highest BCUT2D eigenvalue weighted by atomic mass is 16.5. The molecule has 35 heteroatoms. The number of amides is 13. The molecule has 582 valence electrons. The van der Waals surface area contributed by atoms with E-state index in [-0.39, 0.29) is 117 Å². The van der Waals surface area contributed by atoms with Crippen LogP contribution in [-0.2, 0) is 97.6 Å². The van der Waals surface area contributed by atoms with E-state index >= 15 is 14.4 Å². The van der Waals surface area contributed by atoms with Crippen molar-refractivity contribution in [2.75, 3.05) is 105 Å². The molecule has 0 bridgehead atoms. The van der Waals surface area contributed by atoms with Gasteiger partial charge in [0.2, 0.25) is 65.0 Å². The lowest BCUT2D eigenvalue weighted by Crippen LogP contribution is -2.60. The number of hydrogen-bond donors (Lipinski definition) is 14. The fraction of sp³-hybridized carbons (Fsp3) is 0.542. The number of hydrogen-bond acceptors (Lipinski definition) is 19. The number of aliphatic carboxylic acids is 2. The first kappa shape index (κ1) is 83.6. The van der Waals surface area contributed by atoms with Crippen molar-refractivity contribution in [1.82, 2.24) is 82.7 Å². The normalized spacial score (nSPS) is 21.2. The number of benzene rings is 2. The van der Waals surface area contributed by atoms with Gasteiger partial charge in [0.25, 0.3) is 0 Å². The Morgan fingerprint density at radius 1 is 0.607 bits per heavy atom. The first-order valence-corrected chi connectivity index (χ1v) is 36.2. The molecular formula is C72H101N17O18. The van der Waals surface area contributed by atoms with E-state index in [4.69, 9.17) is 15.2 Å². The zero-order chi connectivity index (χ0) is 77.2. The molecule has 0 aliphatic carbocycles. The summed E-state index contributed by atoms with van der Waals surface area (Å²) in [5.74, 6) is -11.7. The SMILES string of the molecule is CCCCCC[C@@H]1NC(=O)[C@H](Cc2ccc(CNC(=O)COCCOCCN)cc2)NC(=O)[C@H](Cc2cccnc2)N(C)C(=O)CNC(=O)CNC(=O)[C@H]2CCCN2C(=O)[C@H](CC(=O)O)NC(=O)[C@H](CCCCNC(=O)N2CCN(CC(=O)O)CC2)NC(=O)CNC(=O)[C@H](Cc2c[nH]c3ccccc23)NC1=O. The van der Waals surface area contributed by atoms with Crippen LogP contribution in [0.4, 0.5) is 4.79 Å². The van der Waals surface area contributed by atoms with Crippen molar-refractivity contribution in [2.24, 2.45) is 5.73 Å². The van der Waals surface area contributed by atoms with Crippen LogP contribution in [0.25, 0.3) is 10.9 Å². The van der Waals surface area contributed by atoms with Gasteiger partial charge in [0.15, 0.2) is 0 Å². The number of aromatic nitrogens is 2. The van der Waals surface area contributed by atoms with Crippen LogP contribution in [0.2, 0.25) is 0 Å². The number of unbranched alkanes of at least 4 members (excludes halogenated alkanes) is 4. The van der Waals surface area contributed by atoms with E-state index in [1.165, 1.54) is 24.3 Å². The third-order valence-corrected chi connectivity index (χ3v) is 18.5. The molecule has 2 aromatic carbocycles. The predicted octanol–water partition coefficient (Wildman–Crippen LogP) is -2.17. The van der Waals surface area contributed by atoms with Crippen molar-refractivity contribution in [2.45, 2.75) is 146 Å². The largest absolute Gasteiger partial charge is 0.481 e. The average molecular weight is 1490 g/mol. The highest BCUT2D eigenvalue weighted by Crippen LogP contribution is 2.22. The van der Waals surface area contributed by atoms with Crippen molar-refractivity contribution in [3.05, 3.63) is 102 Å². The van der Waals surface area contributed by atoms with Gasteiger partial charge in [-0.1, -0.05) is 81.1 Å². The van der Waals surface area contributed by atoms with Crippen LogP contribution in [0.3, 0.4) is 0 Å². The van der Waals surface area contributed by atoms with Gasteiger partial charge in [-0.3, -0.25) is 72.2 Å². The molecular weight excluding hydrogens is 1390 g/mol. The third-order valence-electron chi connectivity index (χ3n) is 18.5. The molecule has 0 saturated carbocycles. The minimum absolute atomic E-state index is 0.0344. The van der Waals surface area contributed by atoms with Crippen molar-refractivity contribution in [3.63, 3.8) is 0 Å². The molecule has 7 atom stereocenters. The number of nitrogens with one attached hydrogen (secondary N) is 11. The van der Waals surface area contributed by atoms with E-state index in [9.17, 15) is 63.0 Å². The van der Waals surface area contributed by atoms with Crippen molar-refractivity contribution < 1.29 is 86.8 Å². The predicted molar refractivity (Wildman–Crippen MR) is 387 cm³/mol. The molecule has 0 spiro atoms. The van der Waals surface area contributed by atoms with Crippen molar-refractivity contribution in [3.8, 4) is 0 Å². The minimum atomic E-state index is -1.81. The van der Waals surface area contributed by atoms with Gasteiger partial charge in [0.1, 0.15) is 48.9 Å². The number of carbonyl (C=O) groups is 14. The molecule has 3 aliphatic rings. The first-order valence-electron chi connectivity index (χ1n) is 36.2. The number of pyridine rings is 1. The lowest BCUT2D eigenvalue weighted by Gasteiger charge is -2.33.